The molecule has 2 aromatic rings. The zero-order valence-corrected chi connectivity index (χ0v) is 9.93. The van der Waals surface area contributed by atoms with Crippen LogP contribution in [0.4, 0.5) is 0 Å². The molecule has 1 atom stereocenters. The topological polar surface area (TPSA) is 17.8 Å². The molecule has 0 amide bonds. The molecule has 2 heteroatoms. The highest BCUT2D eigenvalue weighted by Gasteiger charge is 2.11. The lowest BCUT2D eigenvalue weighted by Crippen LogP contribution is -2.08. The van der Waals surface area contributed by atoms with Gasteiger partial charge in [0.2, 0.25) is 0 Å². The van der Waals surface area contributed by atoms with Crippen LogP contribution in [0, 0.1) is 6.92 Å². The number of hydrogen-bond donors (Lipinski definition) is 0. The molecule has 0 aliphatic heterocycles. The molecular formula is C14H18N2. The monoisotopic (exact) mass is 214 g/mol. The second-order valence-electron chi connectivity index (χ2n) is 4.22. The molecule has 1 unspecified atom stereocenters. The van der Waals surface area contributed by atoms with Gasteiger partial charge in [-0.25, -0.2) is 4.98 Å². The van der Waals surface area contributed by atoms with Gasteiger partial charge in [0.25, 0.3) is 0 Å². The van der Waals surface area contributed by atoms with Crippen molar-refractivity contribution in [1.29, 1.82) is 0 Å². The van der Waals surface area contributed by atoms with Gasteiger partial charge in [-0.3, -0.25) is 0 Å². The van der Waals surface area contributed by atoms with Crippen LogP contribution in [0.2, 0.25) is 0 Å². The van der Waals surface area contributed by atoms with Gasteiger partial charge in [-0.1, -0.05) is 31.2 Å². The van der Waals surface area contributed by atoms with Crippen LogP contribution in [-0.4, -0.2) is 9.55 Å². The summed E-state index contributed by atoms with van der Waals surface area (Å²) in [5.41, 5.74) is 2.84. The summed E-state index contributed by atoms with van der Waals surface area (Å²) >= 11 is 0. The van der Waals surface area contributed by atoms with Crippen LogP contribution >= 0.6 is 0 Å². The lowest BCUT2D eigenvalue weighted by molar-refractivity contribution is 0.543. The van der Waals surface area contributed by atoms with Crippen LogP contribution in [0.25, 0.3) is 0 Å². The molecule has 0 saturated carbocycles. The molecule has 0 saturated heterocycles. The summed E-state index contributed by atoms with van der Waals surface area (Å²) in [7, 11) is 0. The largest absolute Gasteiger partial charge is 0.337 e. The fourth-order valence-corrected chi connectivity index (χ4v) is 2.14. The molecule has 84 valence electrons. The van der Waals surface area contributed by atoms with Gasteiger partial charge in [-0.15, -0.1) is 0 Å². The Kier molecular flexibility index (Phi) is 3.40. The summed E-state index contributed by atoms with van der Waals surface area (Å²) in [5.74, 6) is 0.579. The number of nitrogens with zero attached hydrogens (tertiary/aromatic N) is 2. The molecule has 0 fully saturated rings. The highest BCUT2D eigenvalue weighted by atomic mass is 15.0. The van der Waals surface area contributed by atoms with E-state index in [1.807, 2.05) is 18.7 Å². The molecule has 0 aliphatic rings. The van der Waals surface area contributed by atoms with Crippen molar-refractivity contribution < 1.29 is 0 Å². The second-order valence-corrected chi connectivity index (χ2v) is 4.22. The van der Waals surface area contributed by atoms with Crippen LogP contribution < -0.4 is 0 Å². The summed E-state index contributed by atoms with van der Waals surface area (Å²) in [4.78, 5) is 4.09. The maximum absolute atomic E-state index is 4.09. The number of imidazole rings is 1. The highest BCUT2D eigenvalue weighted by molar-refractivity contribution is 5.29. The van der Waals surface area contributed by atoms with E-state index >= 15 is 0 Å². The molecular weight excluding hydrogens is 196 g/mol. The van der Waals surface area contributed by atoms with Crippen molar-refractivity contribution in [1.82, 2.24) is 9.55 Å². The molecule has 2 rings (SSSR count). The number of rotatable bonds is 4. The Balaban J connectivity index is 2.20. The Bertz CT molecular complexity index is 432. The van der Waals surface area contributed by atoms with Gasteiger partial charge >= 0.3 is 0 Å². The van der Waals surface area contributed by atoms with Crippen LogP contribution in [0.5, 0.6) is 0 Å². The minimum absolute atomic E-state index is 0.579. The first-order valence-electron chi connectivity index (χ1n) is 5.82. The smallest absolute Gasteiger partial charge is 0.0946 e. The SMILES string of the molecule is CCC(Cn1ccnc1)c1ccccc1C. The molecule has 0 radical (unpaired) electrons. The molecule has 1 aromatic carbocycles. The molecule has 0 N–H and O–H groups in total. The van der Waals surface area contributed by atoms with Crippen molar-refractivity contribution in [2.45, 2.75) is 32.7 Å². The first-order chi connectivity index (χ1) is 7.81. The predicted octanol–water partition coefficient (Wildman–Crippen LogP) is 3.39. The van der Waals surface area contributed by atoms with Crippen LogP contribution in [0.15, 0.2) is 43.0 Å². The predicted molar refractivity (Wildman–Crippen MR) is 66.4 cm³/mol. The summed E-state index contributed by atoms with van der Waals surface area (Å²) in [5, 5.41) is 0. The van der Waals surface area contributed by atoms with Gasteiger partial charge in [-0.2, -0.15) is 0 Å². The zero-order chi connectivity index (χ0) is 11.4. The van der Waals surface area contributed by atoms with Crippen molar-refractivity contribution in [3.8, 4) is 0 Å². The first kappa shape index (κ1) is 10.9. The van der Waals surface area contributed by atoms with Gasteiger partial charge in [0.1, 0.15) is 0 Å². The van der Waals surface area contributed by atoms with E-state index < -0.39 is 0 Å². The number of aryl methyl sites for hydroxylation is 1. The minimum Gasteiger partial charge on any atom is -0.337 e. The second kappa shape index (κ2) is 4.97. The molecule has 0 aliphatic carbocycles. The third-order valence-electron chi connectivity index (χ3n) is 3.11. The third kappa shape index (κ3) is 2.32. The Hall–Kier alpha value is -1.57. The maximum Gasteiger partial charge on any atom is 0.0946 e. The molecule has 1 heterocycles. The average Bonchev–Trinajstić information content (AvgIpc) is 2.80. The summed E-state index contributed by atoms with van der Waals surface area (Å²) < 4.78 is 2.15. The summed E-state index contributed by atoms with van der Waals surface area (Å²) in [6, 6.07) is 8.65. The molecule has 0 spiro atoms. The summed E-state index contributed by atoms with van der Waals surface area (Å²) in [6.45, 7) is 5.45. The van der Waals surface area contributed by atoms with E-state index in [2.05, 4.69) is 47.7 Å². The van der Waals surface area contributed by atoms with Crippen LogP contribution in [0.3, 0.4) is 0 Å². The van der Waals surface area contributed by atoms with Gasteiger partial charge in [0.05, 0.1) is 6.33 Å². The molecule has 2 nitrogen and oxygen atoms in total. The lowest BCUT2D eigenvalue weighted by atomic mass is 9.92. The number of benzene rings is 1. The van der Waals surface area contributed by atoms with Gasteiger partial charge in [0, 0.05) is 24.9 Å². The Morgan fingerprint density at radius 1 is 1.31 bits per heavy atom. The quantitative estimate of drug-likeness (QED) is 0.763. The van der Waals surface area contributed by atoms with Crippen molar-refractivity contribution in [2.75, 3.05) is 0 Å². The fraction of sp³-hybridized carbons (Fsp3) is 0.357. The number of aromatic nitrogens is 2. The molecule has 0 bridgehead atoms. The van der Waals surface area contributed by atoms with E-state index in [4.69, 9.17) is 0 Å². The van der Waals surface area contributed by atoms with E-state index in [0.717, 1.165) is 13.0 Å². The van der Waals surface area contributed by atoms with Crippen molar-refractivity contribution in [2.24, 2.45) is 0 Å². The first-order valence-corrected chi connectivity index (χ1v) is 5.82. The lowest BCUT2D eigenvalue weighted by Gasteiger charge is -2.18. The van der Waals surface area contributed by atoms with E-state index in [9.17, 15) is 0 Å². The van der Waals surface area contributed by atoms with E-state index in [0.29, 0.717) is 5.92 Å². The molecule has 1 aromatic heterocycles. The van der Waals surface area contributed by atoms with E-state index in [1.54, 1.807) is 0 Å². The van der Waals surface area contributed by atoms with Crippen molar-refractivity contribution in [3.05, 3.63) is 54.1 Å². The highest BCUT2D eigenvalue weighted by Crippen LogP contribution is 2.24. The van der Waals surface area contributed by atoms with Crippen molar-refractivity contribution >= 4 is 0 Å². The zero-order valence-electron chi connectivity index (χ0n) is 9.93. The minimum atomic E-state index is 0.579. The van der Waals surface area contributed by atoms with Crippen LogP contribution in [0.1, 0.15) is 30.4 Å². The Morgan fingerprint density at radius 2 is 2.12 bits per heavy atom. The molecule has 16 heavy (non-hydrogen) atoms. The Labute approximate surface area is 97.0 Å². The van der Waals surface area contributed by atoms with E-state index in [-0.39, 0.29) is 0 Å². The number of hydrogen-bond acceptors (Lipinski definition) is 1. The van der Waals surface area contributed by atoms with Gasteiger partial charge in [-0.05, 0) is 24.5 Å². The maximum atomic E-state index is 4.09. The Morgan fingerprint density at radius 3 is 2.75 bits per heavy atom. The average molecular weight is 214 g/mol. The van der Waals surface area contributed by atoms with Crippen LogP contribution in [-0.2, 0) is 6.54 Å². The van der Waals surface area contributed by atoms with Crippen molar-refractivity contribution in [3.63, 3.8) is 0 Å². The standard InChI is InChI=1S/C14H18N2/c1-3-13(10-16-9-8-15-11-16)14-7-5-4-6-12(14)2/h4-9,11,13H,3,10H2,1-2H3. The van der Waals surface area contributed by atoms with Gasteiger partial charge < -0.3 is 4.57 Å². The fourth-order valence-electron chi connectivity index (χ4n) is 2.14. The summed E-state index contributed by atoms with van der Waals surface area (Å²) in [6.07, 6.45) is 6.91. The van der Waals surface area contributed by atoms with Gasteiger partial charge in [0.15, 0.2) is 0 Å². The normalized spacial score (nSPS) is 12.6. The van der Waals surface area contributed by atoms with E-state index in [1.165, 1.54) is 11.1 Å². The third-order valence-corrected chi connectivity index (χ3v) is 3.11.